The summed E-state index contributed by atoms with van der Waals surface area (Å²) in [6, 6.07) is 0. The summed E-state index contributed by atoms with van der Waals surface area (Å²) in [6.07, 6.45) is 13.8. The van der Waals surface area contributed by atoms with Gasteiger partial charge in [0, 0.05) is 32.0 Å². The standard InChI is InChI=1S/C38H62N2O4/c1-25-11-17-38(34(42)39-19-8-20-40-21-23-43-24-22-40)18-12-29-28(33(38)26(25)2)9-10-31-36(29,6)15-13-30-35(4,5)32(44-27(3)41)14-16-37(30,31)7/h9,25-26,29-33H,8,10-24H2,1-7H3,(H,39,42)/t25-,26+,29?,30?,31?,32+,33?,36+,37+,38+/m1/s1. The van der Waals surface area contributed by atoms with Crippen LogP contribution >= 0.6 is 0 Å². The SMILES string of the molecule is CC(=O)O[C@H]1CC[C@@]2(C)C(CC[C@@]3(C)C4CC[C@@]5(C(=O)NCCCN6CCOCC6)CC[C@@H](C)[C@H](C)C5C4=CCC32)C1(C)C. The molecule has 0 aromatic rings. The lowest BCUT2D eigenvalue weighted by atomic mass is 9.37. The number of rotatable bonds is 6. The molecular formula is C38H62N2O4. The van der Waals surface area contributed by atoms with E-state index in [0.29, 0.717) is 41.4 Å². The molecule has 1 N–H and O–H groups in total. The van der Waals surface area contributed by atoms with Crippen LogP contribution in [-0.4, -0.2) is 62.3 Å². The molecule has 6 nitrogen and oxygen atoms in total. The number of fused-ring (bicyclic) bond motifs is 7. The number of nitrogens with one attached hydrogen (secondary N) is 1. The molecule has 1 amide bonds. The third kappa shape index (κ3) is 5.20. The van der Waals surface area contributed by atoms with Gasteiger partial charge in [-0.15, -0.1) is 0 Å². The van der Waals surface area contributed by atoms with E-state index in [1.807, 2.05) is 0 Å². The minimum Gasteiger partial charge on any atom is -0.462 e. The lowest BCUT2D eigenvalue weighted by molar-refractivity contribution is -0.200. The summed E-state index contributed by atoms with van der Waals surface area (Å²) in [5, 5.41) is 3.49. The Morgan fingerprint density at radius 3 is 2.39 bits per heavy atom. The summed E-state index contributed by atoms with van der Waals surface area (Å²) in [5.41, 5.74) is 1.90. The van der Waals surface area contributed by atoms with Crippen molar-refractivity contribution in [2.24, 2.45) is 57.2 Å². The van der Waals surface area contributed by atoms with Gasteiger partial charge >= 0.3 is 5.97 Å². The van der Waals surface area contributed by atoms with Gasteiger partial charge in [-0.1, -0.05) is 53.2 Å². The van der Waals surface area contributed by atoms with Crippen molar-refractivity contribution < 1.29 is 19.1 Å². The van der Waals surface area contributed by atoms with Gasteiger partial charge in [-0.25, -0.2) is 0 Å². The molecule has 0 spiro atoms. The fourth-order valence-corrected chi connectivity index (χ4v) is 12.5. The summed E-state index contributed by atoms with van der Waals surface area (Å²) in [4.78, 5) is 28.8. The van der Waals surface area contributed by atoms with Crippen LogP contribution in [0.4, 0.5) is 0 Å². The topological polar surface area (TPSA) is 67.9 Å². The van der Waals surface area contributed by atoms with Crippen LogP contribution in [0.5, 0.6) is 0 Å². The van der Waals surface area contributed by atoms with Crippen molar-refractivity contribution in [1.82, 2.24) is 10.2 Å². The van der Waals surface area contributed by atoms with E-state index in [1.54, 1.807) is 12.5 Å². The van der Waals surface area contributed by atoms with Crippen LogP contribution in [0.15, 0.2) is 11.6 Å². The summed E-state index contributed by atoms with van der Waals surface area (Å²) in [5.74, 6) is 3.52. The molecule has 5 aliphatic carbocycles. The Kier molecular flexibility index (Phi) is 8.87. The molecule has 6 aliphatic rings. The maximum atomic E-state index is 14.3. The first-order valence-corrected chi connectivity index (χ1v) is 18.3. The number of carbonyl (C=O) groups excluding carboxylic acids is 2. The number of ether oxygens (including phenoxy) is 2. The normalized spacial score (nSPS) is 45.1. The number of esters is 1. The molecule has 4 unspecified atom stereocenters. The van der Waals surface area contributed by atoms with Gasteiger partial charge in [-0.3, -0.25) is 14.5 Å². The van der Waals surface area contributed by atoms with Gasteiger partial charge in [0.15, 0.2) is 0 Å². The largest absolute Gasteiger partial charge is 0.462 e. The van der Waals surface area contributed by atoms with Crippen molar-refractivity contribution in [1.29, 1.82) is 0 Å². The number of carbonyl (C=O) groups is 2. The highest BCUT2D eigenvalue weighted by Gasteiger charge is 2.66. The summed E-state index contributed by atoms with van der Waals surface area (Å²) in [7, 11) is 0. The van der Waals surface area contributed by atoms with Gasteiger partial charge in [0.2, 0.25) is 5.91 Å². The van der Waals surface area contributed by atoms with Crippen LogP contribution < -0.4 is 5.32 Å². The molecule has 6 heteroatoms. The zero-order valence-corrected chi connectivity index (χ0v) is 29.0. The van der Waals surface area contributed by atoms with E-state index >= 15 is 0 Å². The molecule has 44 heavy (non-hydrogen) atoms. The first-order chi connectivity index (χ1) is 20.8. The second-order valence-corrected chi connectivity index (χ2v) is 17.2. The van der Waals surface area contributed by atoms with E-state index in [1.165, 1.54) is 12.8 Å². The number of amides is 1. The van der Waals surface area contributed by atoms with Crippen LogP contribution in [0.2, 0.25) is 0 Å². The van der Waals surface area contributed by atoms with E-state index in [9.17, 15) is 9.59 Å². The van der Waals surface area contributed by atoms with Gasteiger partial charge in [0.25, 0.3) is 0 Å². The van der Waals surface area contributed by atoms with E-state index in [4.69, 9.17) is 9.47 Å². The monoisotopic (exact) mass is 610 g/mol. The van der Waals surface area contributed by atoms with E-state index in [-0.39, 0.29) is 33.7 Å². The Labute approximate surface area is 267 Å². The molecule has 0 bridgehead atoms. The van der Waals surface area contributed by atoms with E-state index < -0.39 is 0 Å². The van der Waals surface area contributed by atoms with Crippen molar-refractivity contribution >= 4 is 11.9 Å². The van der Waals surface area contributed by atoms with Gasteiger partial charge in [-0.05, 0) is 117 Å². The lowest BCUT2D eigenvalue weighted by Crippen LogP contribution is -2.63. The Morgan fingerprint density at radius 2 is 1.66 bits per heavy atom. The summed E-state index contributed by atoms with van der Waals surface area (Å²) in [6.45, 7) is 21.9. The molecule has 0 aromatic carbocycles. The molecule has 248 valence electrons. The van der Waals surface area contributed by atoms with Crippen molar-refractivity contribution in [3.63, 3.8) is 0 Å². The lowest BCUT2D eigenvalue weighted by Gasteiger charge is -2.68. The highest BCUT2D eigenvalue weighted by Crippen LogP contribution is 2.72. The predicted octanol–water partition coefficient (Wildman–Crippen LogP) is 7.02. The van der Waals surface area contributed by atoms with Gasteiger partial charge < -0.3 is 14.8 Å². The Hall–Kier alpha value is -1.40. The van der Waals surface area contributed by atoms with Crippen LogP contribution in [-0.2, 0) is 19.1 Å². The number of allylic oxidation sites excluding steroid dienone is 2. The Balaban J connectivity index is 1.23. The Bertz CT molecular complexity index is 1130. The number of hydrogen-bond acceptors (Lipinski definition) is 5. The van der Waals surface area contributed by atoms with Gasteiger partial charge in [0.1, 0.15) is 6.10 Å². The maximum absolute atomic E-state index is 14.3. The van der Waals surface area contributed by atoms with Crippen molar-refractivity contribution in [3.05, 3.63) is 11.6 Å². The predicted molar refractivity (Wildman–Crippen MR) is 175 cm³/mol. The van der Waals surface area contributed by atoms with E-state index in [2.05, 4.69) is 57.8 Å². The summed E-state index contributed by atoms with van der Waals surface area (Å²) >= 11 is 0. The highest BCUT2D eigenvalue weighted by atomic mass is 16.5. The fourth-order valence-electron chi connectivity index (χ4n) is 12.5. The zero-order valence-electron chi connectivity index (χ0n) is 29.0. The average molecular weight is 611 g/mol. The van der Waals surface area contributed by atoms with Crippen molar-refractivity contribution in [3.8, 4) is 0 Å². The molecule has 1 aliphatic heterocycles. The third-order valence-corrected chi connectivity index (χ3v) is 14.9. The second kappa shape index (κ2) is 12.0. The number of morpholine rings is 1. The molecule has 1 heterocycles. The van der Waals surface area contributed by atoms with Crippen molar-refractivity contribution in [2.45, 2.75) is 119 Å². The zero-order chi connectivity index (χ0) is 31.5. The second-order valence-electron chi connectivity index (χ2n) is 17.2. The van der Waals surface area contributed by atoms with E-state index in [0.717, 1.165) is 90.8 Å². The molecule has 5 fully saturated rings. The first kappa shape index (κ1) is 32.5. The minimum atomic E-state index is -0.248. The molecule has 1 saturated heterocycles. The minimum absolute atomic E-state index is 0.0150. The van der Waals surface area contributed by atoms with Crippen LogP contribution in [0.25, 0.3) is 0 Å². The molecular weight excluding hydrogens is 548 g/mol. The molecule has 0 aromatic heterocycles. The smallest absolute Gasteiger partial charge is 0.302 e. The fraction of sp³-hybridized carbons (Fsp3) is 0.895. The average Bonchev–Trinajstić information content (AvgIpc) is 2.98. The molecule has 4 saturated carbocycles. The highest BCUT2D eigenvalue weighted by molar-refractivity contribution is 5.84. The van der Waals surface area contributed by atoms with Crippen LogP contribution in [0, 0.1) is 57.2 Å². The third-order valence-electron chi connectivity index (χ3n) is 14.9. The quantitative estimate of drug-likeness (QED) is 0.199. The molecule has 6 rings (SSSR count). The maximum Gasteiger partial charge on any atom is 0.302 e. The van der Waals surface area contributed by atoms with Gasteiger partial charge in [-0.2, -0.15) is 0 Å². The summed E-state index contributed by atoms with van der Waals surface area (Å²) < 4.78 is 11.4. The number of nitrogens with zero attached hydrogens (tertiary/aromatic N) is 1. The Morgan fingerprint density at radius 1 is 0.955 bits per heavy atom. The number of hydrogen-bond donors (Lipinski definition) is 1. The molecule has 10 atom stereocenters. The van der Waals surface area contributed by atoms with Crippen molar-refractivity contribution in [2.75, 3.05) is 39.4 Å². The first-order valence-electron chi connectivity index (χ1n) is 18.3. The van der Waals surface area contributed by atoms with Gasteiger partial charge in [0.05, 0.1) is 18.6 Å². The van der Waals surface area contributed by atoms with Crippen LogP contribution in [0.1, 0.15) is 113 Å². The van der Waals surface area contributed by atoms with Crippen LogP contribution in [0.3, 0.4) is 0 Å². The molecule has 0 radical (unpaired) electrons.